The number of benzene rings is 3. The van der Waals surface area contributed by atoms with Gasteiger partial charge in [0.15, 0.2) is 0 Å². The zero-order valence-electron chi connectivity index (χ0n) is 21.6. The van der Waals surface area contributed by atoms with Gasteiger partial charge in [-0.3, -0.25) is 0 Å². The third-order valence-corrected chi connectivity index (χ3v) is 5.57. The number of carbonyl (C=O) groups excluding carboxylic acids is 3. The van der Waals surface area contributed by atoms with E-state index in [9.17, 15) is 19.2 Å². The van der Waals surface area contributed by atoms with Crippen LogP contribution in [0.1, 0.15) is 28.8 Å². The maximum atomic E-state index is 12.7. The summed E-state index contributed by atoms with van der Waals surface area (Å²) in [6.07, 6.45) is 1.20. The van der Waals surface area contributed by atoms with E-state index < -0.39 is 23.7 Å². The summed E-state index contributed by atoms with van der Waals surface area (Å²) in [5, 5.41) is 0.152. The highest BCUT2D eigenvalue weighted by Gasteiger charge is 2.14. The highest BCUT2D eigenvalue weighted by molar-refractivity contribution is 5.91. The molecule has 0 aliphatic carbocycles. The fraction of sp³-hybridized carbons (Fsp3) is 0.167. The number of aryl methyl sites for hydroxylation is 1. The first-order valence-electron chi connectivity index (χ1n) is 12.3. The summed E-state index contributed by atoms with van der Waals surface area (Å²) in [4.78, 5) is 52.3. The van der Waals surface area contributed by atoms with Gasteiger partial charge in [0.1, 0.15) is 11.5 Å². The van der Waals surface area contributed by atoms with Crippen LogP contribution in [0.2, 0.25) is 0 Å². The van der Waals surface area contributed by atoms with Crippen LogP contribution >= 0.6 is 0 Å². The predicted octanol–water partition coefficient (Wildman–Crippen LogP) is 5.41. The van der Waals surface area contributed by atoms with Crippen molar-refractivity contribution in [2.45, 2.75) is 19.8 Å². The Morgan fingerprint density at radius 2 is 1.55 bits per heavy atom. The van der Waals surface area contributed by atoms with E-state index in [1.165, 1.54) is 18.2 Å². The fourth-order valence-corrected chi connectivity index (χ4v) is 3.48. The molecule has 0 bridgehead atoms. The number of rotatable bonds is 10. The van der Waals surface area contributed by atoms with Crippen molar-refractivity contribution in [2.75, 3.05) is 13.2 Å². The van der Waals surface area contributed by atoms with Crippen molar-refractivity contribution in [3.63, 3.8) is 0 Å². The molecule has 0 unspecified atom stereocenters. The molecule has 204 valence electrons. The zero-order valence-corrected chi connectivity index (χ0v) is 21.6. The maximum absolute atomic E-state index is 12.7. The van der Waals surface area contributed by atoms with Gasteiger partial charge in [-0.15, -0.1) is 0 Å². The molecule has 10 nitrogen and oxygen atoms in total. The van der Waals surface area contributed by atoms with E-state index in [0.29, 0.717) is 29.5 Å². The second-order valence-electron chi connectivity index (χ2n) is 8.54. The normalized spacial score (nSPS) is 10.5. The van der Waals surface area contributed by atoms with Gasteiger partial charge in [0.2, 0.25) is 5.89 Å². The molecule has 4 rings (SSSR count). The summed E-state index contributed by atoms with van der Waals surface area (Å²) in [5.41, 5.74) is 1.57. The van der Waals surface area contributed by atoms with Gasteiger partial charge >= 0.3 is 23.7 Å². The largest absolute Gasteiger partial charge is 0.513 e. The lowest BCUT2D eigenvalue weighted by molar-refractivity contribution is -0.137. The van der Waals surface area contributed by atoms with E-state index in [0.717, 1.165) is 11.6 Å². The van der Waals surface area contributed by atoms with Crippen LogP contribution in [0.4, 0.5) is 4.79 Å². The van der Waals surface area contributed by atoms with Gasteiger partial charge < -0.3 is 23.4 Å². The minimum absolute atomic E-state index is 0.0631. The number of nitrogens with zero attached hydrogens (tertiary/aromatic N) is 1. The Morgan fingerprint density at radius 3 is 2.25 bits per heavy atom. The molecule has 0 radical (unpaired) electrons. The van der Waals surface area contributed by atoms with Gasteiger partial charge in [-0.1, -0.05) is 24.3 Å². The summed E-state index contributed by atoms with van der Waals surface area (Å²) in [6.45, 7) is 5.51. The molecule has 10 heteroatoms. The molecule has 0 amide bonds. The third kappa shape index (κ3) is 7.41. The number of hydrogen-bond acceptors (Lipinski definition) is 10. The summed E-state index contributed by atoms with van der Waals surface area (Å²) in [7, 11) is 0. The minimum atomic E-state index is -0.884. The van der Waals surface area contributed by atoms with Crippen molar-refractivity contribution in [1.82, 2.24) is 4.98 Å². The molecular formula is C30H25NO9. The van der Waals surface area contributed by atoms with Crippen LogP contribution in [0.3, 0.4) is 0 Å². The molecule has 0 aliphatic rings. The van der Waals surface area contributed by atoms with Crippen LogP contribution in [0.15, 0.2) is 88.6 Å². The molecule has 0 saturated carbocycles. The Labute approximate surface area is 228 Å². The van der Waals surface area contributed by atoms with Crippen molar-refractivity contribution in [2.24, 2.45) is 0 Å². The molecular weight excluding hydrogens is 518 g/mol. The number of unbranched alkanes of at least 4 members (excludes halogenated alkanes) is 1. The monoisotopic (exact) mass is 543 g/mol. The average molecular weight is 544 g/mol. The van der Waals surface area contributed by atoms with Gasteiger partial charge in [-0.25, -0.2) is 24.2 Å². The molecule has 40 heavy (non-hydrogen) atoms. The lowest BCUT2D eigenvalue weighted by atomic mass is 10.1. The van der Waals surface area contributed by atoms with E-state index >= 15 is 0 Å². The van der Waals surface area contributed by atoms with Gasteiger partial charge in [-0.05, 0) is 74.4 Å². The van der Waals surface area contributed by atoms with Crippen LogP contribution in [0.5, 0.6) is 11.5 Å². The third-order valence-electron chi connectivity index (χ3n) is 5.57. The molecule has 0 spiro atoms. The highest BCUT2D eigenvalue weighted by Crippen LogP contribution is 2.24. The van der Waals surface area contributed by atoms with Crippen molar-refractivity contribution in [3.05, 3.63) is 101 Å². The quantitative estimate of drug-likeness (QED) is 0.0841. The van der Waals surface area contributed by atoms with Gasteiger partial charge in [0.25, 0.3) is 0 Å². The Kier molecular flexibility index (Phi) is 9.03. The lowest BCUT2D eigenvalue weighted by Gasteiger charge is -2.08. The number of carbonyl (C=O) groups is 3. The molecule has 0 N–H and O–H groups in total. The van der Waals surface area contributed by atoms with Gasteiger partial charge in [-0.2, -0.15) is 0 Å². The first-order chi connectivity index (χ1) is 19.3. The fourth-order valence-electron chi connectivity index (χ4n) is 3.48. The highest BCUT2D eigenvalue weighted by atomic mass is 16.7. The maximum Gasteiger partial charge on any atom is 0.513 e. The van der Waals surface area contributed by atoms with Crippen LogP contribution in [0.25, 0.3) is 22.4 Å². The first-order valence-corrected chi connectivity index (χ1v) is 12.3. The van der Waals surface area contributed by atoms with Crippen LogP contribution in [-0.4, -0.2) is 36.3 Å². The van der Waals surface area contributed by atoms with Gasteiger partial charge in [0, 0.05) is 11.6 Å². The average Bonchev–Trinajstić information content (AvgIpc) is 2.95. The second-order valence-corrected chi connectivity index (χ2v) is 8.54. The molecule has 0 saturated heterocycles. The number of fused-ring (bicyclic) bond motifs is 1. The predicted molar refractivity (Wildman–Crippen MR) is 144 cm³/mol. The Morgan fingerprint density at radius 1 is 0.875 bits per heavy atom. The summed E-state index contributed by atoms with van der Waals surface area (Å²) < 4.78 is 25.7. The Bertz CT molecular complexity index is 1590. The van der Waals surface area contributed by atoms with E-state index in [1.54, 1.807) is 48.5 Å². The topological polar surface area (TPSA) is 131 Å². The molecule has 4 aromatic rings. The van der Waals surface area contributed by atoms with Crippen molar-refractivity contribution < 1.29 is 37.7 Å². The van der Waals surface area contributed by atoms with E-state index in [2.05, 4.69) is 11.6 Å². The molecule has 1 heterocycles. The molecule has 3 aromatic carbocycles. The van der Waals surface area contributed by atoms with Gasteiger partial charge in [0.05, 0.1) is 29.7 Å². The first kappa shape index (κ1) is 27.8. The Balaban J connectivity index is 1.35. The van der Waals surface area contributed by atoms with E-state index in [1.807, 2.05) is 6.92 Å². The van der Waals surface area contributed by atoms with E-state index in [-0.39, 0.29) is 36.0 Å². The van der Waals surface area contributed by atoms with Crippen molar-refractivity contribution >= 4 is 29.0 Å². The smallest absolute Gasteiger partial charge is 0.463 e. The summed E-state index contributed by atoms with van der Waals surface area (Å²) >= 11 is 0. The second kappa shape index (κ2) is 13.0. The minimum Gasteiger partial charge on any atom is -0.463 e. The molecule has 0 atom stereocenters. The standard InChI is InChI=1S/C30H25NO9/c1-3-26(32)36-16-4-5-17-37-30(35)39-22-12-10-20(11-13-22)27-31-25-15-14-23(18-24(25)29(34)40-27)38-28(33)21-8-6-19(2)7-9-21/h3,6-15,18H,1,4-5,16-17H2,2H3. The van der Waals surface area contributed by atoms with Crippen LogP contribution in [0, 0.1) is 6.92 Å². The summed E-state index contributed by atoms with van der Waals surface area (Å²) in [6, 6.07) is 17.6. The molecule has 0 fully saturated rings. The van der Waals surface area contributed by atoms with Crippen LogP contribution < -0.4 is 15.1 Å². The number of aromatic nitrogens is 1. The van der Waals surface area contributed by atoms with Crippen molar-refractivity contribution in [3.8, 4) is 23.0 Å². The summed E-state index contributed by atoms with van der Waals surface area (Å²) in [5.74, 6) is -0.589. The number of hydrogen-bond donors (Lipinski definition) is 0. The molecule has 1 aromatic heterocycles. The molecule has 0 aliphatic heterocycles. The lowest BCUT2D eigenvalue weighted by Crippen LogP contribution is -2.12. The SMILES string of the molecule is C=CC(=O)OCCCCOC(=O)Oc1ccc(-c2nc3ccc(OC(=O)c4ccc(C)cc4)cc3c(=O)o2)cc1. The Hall–Kier alpha value is -5.25. The van der Waals surface area contributed by atoms with E-state index in [4.69, 9.17) is 23.4 Å². The number of ether oxygens (including phenoxy) is 4. The van der Waals surface area contributed by atoms with Crippen LogP contribution in [-0.2, 0) is 14.3 Å². The van der Waals surface area contributed by atoms with Crippen molar-refractivity contribution in [1.29, 1.82) is 0 Å². The number of esters is 2. The zero-order chi connectivity index (χ0) is 28.5.